The molecule has 6 heteroatoms. The third-order valence-corrected chi connectivity index (χ3v) is 2.68. The number of alkyl halides is 6. The molecule has 0 spiro atoms. The first-order valence-corrected chi connectivity index (χ1v) is 5.44. The van der Waals surface area contributed by atoms with Gasteiger partial charge in [-0.25, -0.2) is 0 Å². The molecule has 0 amide bonds. The topological polar surface area (TPSA) is 0 Å². The molecular formula is C14H7F6. The van der Waals surface area contributed by atoms with Gasteiger partial charge in [-0.15, -0.1) is 0 Å². The van der Waals surface area contributed by atoms with Crippen LogP contribution in [0.25, 0.3) is 11.1 Å². The van der Waals surface area contributed by atoms with E-state index in [9.17, 15) is 26.3 Å². The fourth-order valence-corrected chi connectivity index (χ4v) is 1.77. The first-order valence-electron chi connectivity index (χ1n) is 5.44. The van der Waals surface area contributed by atoms with Crippen molar-refractivity contribution in [3.8, 4) is 11.1 Å². The van der Waals surface area contributed by atoms with Gasteiger partial charge in [0.05, 0.1) is 11.1 Å². The van der Waals surface area contributed by atoms with Gasteiger partial charge < -0.3 is 0 Å². The fraction of sp³-hybridized carbons (Fsp3) is 0.143. The first kappa shape index (κ1) is 14.4. The molecule has 0 unspecified atom stereocenters. The smallest absolute Gasteiger partial charge is 0.166 e. The molecule has 0 aliphatic carbocycles. The zero-order chi connectivity index (χ0) is 15.0. The predicted octanol–water partition coefficient (Wildman–Crippen LogP) is 5.19. The van der Waals surface area contributed by atoms with Crippen LogP contribution >= 0.6 is 0 Å². The standard InChI is InChI=1S/C14H7F6/c15-13(16,17)10-6-7-12(14(18,19)20)11(8-10)9-4-2-1-3-5-9/h2-8H. The van der Waals surface area contributed by atoms with Crippen molar-refractivity contribution in [2.24, 2.45) is 0 Å². The Morgan fingerprint density at radius 2 is 1.35 bits per heavy atom. The third kappa shape index (κ3) is 2.95. The van der Waals surface area contributed by atoms with Crippen molar-refractivity contribution in [1.82, 2.24) is 0 Å². The van der Waals surface area contributed by atoms with Gasteiger partial charge >= 0.3 is 12.4 Å². The number of rotatable bonds is 1. The van der Waals surface area contributed by atoms with E-state index in [1.54, 1.807) is 0 Å². The highest BCUT2D eigenvalue weighted by molar-refractivity contribution is 5.69. The lowest BCUT2D eigenvalue weighted by atomic mass is 9.96. The van der Waals surface area contributed by atoms with Crippen LogP contribution in [-0.4, -0.2) is 0 Å². The summed E-state index contributed by atoms with van der Waals surface area (Å²) in [6.07, 6.45) is -9.42. The summed E-state index contributed by atoms with van der Waals surface area (Å²) in [5.41, 5.74) is -2.66. The van der Waals surface area contributed by atoms with Crippen LogP contribution in [0, 0.1) is 6.07 Å². The van der Waals surface area contributed by atoms with E-state index in [1.165, 1.54) is 24.3 Å². The van der Waals surface area contributed by atoms with Crippen molar-refractivity contribution in [1.29, 1.82) is 0 Å². The van der Waals surface area contributed by atoms with E-state index in [0.717, 1.165) is 0 Å². The monoisotopic (exact) mass is 289 g/mol. The van der Waals surface area contributed by atoms with E-state index in [1.807, 2.05) is 0 Å². The SMILES string of the molecule is FC(F)(F)c1ccc(C(F)(F)F)c(-c2cc[c]cc2)c1. The van der Waals surface area contributed by atoms with Crippen LogP contribution in [-0.2, 0) is 12.4 Å². The Morgan fingerprint density at radius 3 is 1.85 bits per heavy atom. The molecule has 105 valence electrons. The van der Waals surface area contributed by atoms with Gasteiger partial charge in [0.25, 0.3) is 0 Å². The normalized spacial score (nSPS) is 12.5. The molecule has 0 saturated heterocycles. The van der Waals surface area contributed by atoms with E-state index < -0.39 is 29.0 Å². The molecule has 20 heavy (non-hydrogen) atoms. The van der Waals surface area contributed by atoms with Gasteiger partial charge in [-0.2, -0.15) is 26.3 Å². The Kier molecular flexibility index (Phi) is 3.50. The molecule has 0 fully saturated rings. The van der Waals surface area contributed by atoms with Crippen LogP contribution in [0.1, 0.15) is 11.1 Å². The fourth-order valence-electron chi connectivity index (χ4n) is 1.77. The van der Waals surface area contributed by atoms with Crippen molar-refractivity contribution in [2.45, 2.75) is 12.4 Å². The number of halogens is 6. The van der Waals surface area contributed by atoms with Crippen molar-refractivity contribution in [3.05, 3.63) is 59.7 Å². The molecule has 0 aliphatic rings. The Balaban J connectivity index is 2.67. The maximum atomic E-state index is 12.9. The lowest BCUT2D eigenvalue weighted by Crippen LogP contribution is -2.11. The highest BCUT2D eigenvalue weighted by Crippen LogP contribution is 2.40. The Labute approximate surface area is 110 Å². The second kappa shape index (κ2) is 4.85. The lowest BCUT2D eigenvalue weighted by molar-refractivity contribution is -0.141. The minimum Gasteiger partial charge on any atom is -0.166 e. The minimum atomic E-state index is -4.72. The molecule has 0 N–H and O–H groups in total. The molecule has 0 heterocycles. The number of hydrogen-bond donors (Lipinski definition) is 0. The number of benzene rings is 2. The molecule has 0 nitrogen and oxygen atoms in total. The Hall–Kier alpha value is -1.98. The van der Waals surface area contributed by atoms with Crippen LogP contribution in [0.2, 0.25) is 0 Å². The van der Waals surface area contributed by atoms with Crippen molar-refractivity contribution in [2.75, 3.05) is 0 Å². The second-order valence-corrected chi connectivity index (χ2v) is 4.04. The Bertz CT molecular complexity index is 595. The van der Waals surface area contributed by atoms with E-state index >= 15 is 0 Å². The zero-order valence-electron chi connectivity index (χ0n) is 9.81. The predicted molar refractivity (Wildman–Crippen MR) is 60.7 cm³/mol. The van der Waals surface area contributed by atoms with E-state index in [4.69, 9.17) is 0 Å². The van der Waals surface area contributed by atoms with E-state index in [0.29, 0.717) is 18.2 Å². The molecule has 0 saturated carbocycles. The van der Waals surface area contributed by atoms with Gasteiger partial charge in [-0.05, 0) is 35.4 Å². The molecule has 0 aromatic heterocycles. The van der Waals surface area contributed by atoms with Gasteiger partial charge in [-0.3, -0.25) is 0 Å². The summed E-state index contributed by atoms with van der Waals surface area (Å²) in [7, 11) is 0. The molecule has 0 aliphatic heterocycles. The van der Waals surface area contributed by atoms with Crippen LogP contribution < -0.4 is 0 Å². The molecule has 2 aromatic rings. The summed E-state index contributed by atoms with van der Waals surface area (Å²) >= 11 is 0. The molecule has 2 rings (SSSR count). The van der Waals surface area contributed by atoms with Crippen molar-refractivity contribution in [3.63, 3.8) is 0 Å². The van der Waals surface area contributed by atoms with Gasteiger partial charge in [0.1, 0.15) is 0 Å². The third-order valence-electron chi connectivity index (χ3n) is 2.68. The van der Waals surface area contributed by atoms with Gasteiger partial charge in [-0.1, -0.05) is 24.3 Å². The van der Waals surface area contributed by atoms with Crippen molar-refractivity contribution < 1.29 is 26.3 Å². The summed E-state index contributed by atoms with van der Waals surface area (Å²) in [6.45, 7) is 0. The van der Waals surface area contributed by atoms with Crippen LogP contribution in [0.4, 0.5) is 26.3 Å². The van der Waals surface area contributed by atoms with Gasteiger partial charge in [0, 0.05) is 0 Å². The molecule has 2 aromatic carbocycles. The minimum absolute atomic E-state index is 0.0576. The largest absolute Gasteiger partial charge is 0.417 e. The van der Waals surface area contributed by atoms with E-state index in [2.05, 4.69) is 6.07 Å². The van der Waals surface area contributed by atoms with Crippen LogP contribution in [0.5, 0.6) is 0 Å². The van der Waals surface area contributed by atoms with Gasteiger partial charge in [0.15, 0.2) is 0 Å². The Morgan fingerprint density at radius 1 is 0.750 bits per heavy atom. The quantitative estimate of drug-likeness (QED) is 0.634. The summed E-state index contributed by atoms with van der Waals surface area (Å²) in [5, 5.41) is 0. The highest BCUT2D eigenvalue weighted by atomic mass is 19.4. The molecule has 0 atom stereocenters. The zero-order valence-corrected chi connectivity index (χ0v) is 9.81. The summed E-state index contributed by atoms with van der Waals surface area (Å²) in [6, 6.07) is 9.25. The lowest BCUT2D eigenvalue weighted by Gasteiger charge is -2.15. The molecule has 0 bridgehead atoms. The average molecular weight is 289 g/mol. The summed E-state index contributed by atoms with van der Waals surface area (Å²) < 4.78 is 76.5. The first-order chi connectivity index (χ1) is 9.19. The highest BCUT2D eigenvalue weighted by Gasteiger charge is 2.37. The maximum Gasteiger partial charge on any atom is 0.417 e. The average Bonchev–Trinajstić information content (AvgIpc) is 2.37. The summed E-state index contributed by atoms with van der Waals surface area (Å²) in [5.74, 6) is 0. The summed E-state index contributed by atoms with van der Waals surface area (Å²) in [4.78, 5) is 0. The van der Waals surface area contributed by atoms with E-state index in [-0.39, 0.29) is 5.56 Å². The van der Waals surface area contributed by atoms with Crippen molar-refractivity contribution >= 4 is 0 Å². The van der Waals surface area contributed by atoms with Crippen LogP contribution in [0.3, 0.4) is 0 Å². The second-order valence-electron chi connectivity index (χ2n) is 4.04. The molecule has 1 radical (unpaired) electrons. The molecular weight excluding hydrogens is 282 g/mol. The van der Waals surface area contributed by atoms with Gasteiger partial charge in [0.2, 0.25) is 0 Å². The maximum absolute atomic E-state index is 12.9. The number of hydrogen-bond acceptors (Lipinski definition) is 0. The van der Waals surface area contributed by atoms with Crippen LogP contribution in [0.15, 0.2) is 42.5 Å².